The number of nitrogens with one attached hydrogen (secondary N) is 1. The van der Waals surface area contributed by atoms with Crippen molar-refractivity contribution in [3.63, 3.8) is 0 Å². The van der Waals surface area contributed by atoms with E-state index in [-0.39, 0.29) is 11.7 Å². The molecule has 0 atom stereocenters. The Morgan fingerprint density at radius 3 is 2.89 bits per heavy atom. The molecule has 5 aromatic rings. The molecule has 1 N–H and O–H groups in total. The average molecular weight is 372 g/mol. The number of rotatable bonds is 4. The molecule has 0 aliphatic rings. The second-order valence-electron chi connectivity index (χ2n) is 6.54. The molecule has 0 spiro atoms. The van der Waals surface area contributed by atoms with E-state index in [0.717, 1.165) is 33.1 Å². The minimum absolute atomic E-state index is 0.0383. The molecule has 0 saturated heterocycles. The lowest BCUT2D eigenvalue weighted by molar-refractivity contribution is 0.0995. The molecule has 5 rings (SSSR count). The highest BCUT2D eigenvalue weighted by molar-refractivity contribution is 6.14. The third-order valence-corrected chi connectivity index (χ3v) is 4.89. The number of methoxy groups -OCH3 is 1. The van der Waals surface area contributed by atoms with Gasteiger partial charge < -0.3 is 18.8 Å². The molecule has 138 valence electrons. The van der Waals surface area contributed by atoms with E-state index < -0.39 is 0 Å². The lowest BCUT2D eigenvalue weighted by atomic mass is 10.1. The van der Waals surface area contributed by atoms with Crippen LogP contribution in [0.15, 0.2) is 59.4 Å². The van der Waals surface area contributed by atoms with E-state index in [0.29, 0.717) is 11.4 Å². The average Bonchev–Trinajstić information content (AvgIpc) is 3.44. The monoisotopic (exact) mass is 372 g/mol. The van der Waals surface area contributed by atoms with Crippen LogP contribution in [0, 0.1) is 0 Å². The maximum absolute atomic E-state index is 13.0. The molecule has 0 fully saturated rings. The summed E-state index contributed by atoms with van der Waals surface area (Å²) in [6.07, 6.45) is 3.58. The Morgan fingerprint density at radius 2 is 2.04 bits per heavy atom. The molecule has 0 bridgehead atoms. The van der Waals surface area contributed by atoms with Crippen LogP contribution in [0.3, 0.4) is 0 Å². The highest BCUT2D eigenvalue weighted by Crippen LogP contribution is 2.30. The van der Waals surface area contributed by atoms with Crippen molar-refractivity contribution in [3.05, 3.63) is 66.3 Å². The van der Waals surface area contributed by atoms with Crippen LogP contribution in [-0.4, -0.2) is 32.6 Å². The van der Waals surface area contributed by atoms with E-state index in [9.17, 15) is 4.79 Å². The number of hydrogen-bond donors (Lipinski definition) is 1. The molecule has 0 amide bonds. The van der Waals surface area contributed by atoms with Crippen molar-refractivity contribution in [2.45, 2.75) is 0 Å². The van der Waals surface area contributed by atoms with Gasteiger partial charge in [-0.1, -0.05) is 23.4 Å². The first kappa shape index (κ1) is 16.3. The Labute approximate surface area is 159 Å². The third-order valence-electron chi connectivity index (χ3n) is 4.89. The van der Waals surface area contributed by atoms with Crippen LogP contribution >= 0.6 is 0 Å². The quantitative estimate of drug-likeness (QED) is 0.483. The summed E-state index contributed by atoms with van der Waals surface area (Å²) in [5, 5.41) is 5.77. The number of aryl methyl sites for hydroxylation is 1. The van der Waals surface area contributed by atoms with E-state index in [1.54, 1.807) is 19.5 Å². The molecular formula is C21H16N4O3. The van der Waals surface area contributed by atoms with Crippen molar-refractivity contribution in [3.8, 4) is 17.1 Å². The fourth-order valence-electron chi connectivity index (χ4n) is 3.47. The molecule has 3 aromatic heterocycles. The van der Waals surface area contributed by atoms with Crippen molar-refractivity contribution in [1.29, 1.82) is 0 Å². The van der Waals surface area contributed by atoms with Crippen LogP contribution in [0.4, 0.5) is 0 Å². The Kier molecular flexibility index (Phi) is 3.55. The van der Waals surface area contributed by atoms with Gasteiger partial charge in [0.1, 0.15) is 5.75 Å². The number of benzene rings is 2. The van der Waals surface area contributed by atoms with Gasteiger partial charge in [0.05, 0.1) is 12.7 Å². The van der Waals surface area contributed by atoms with Crippen molar-refractivity contribution in [1.82, 2.24) is 19.7 Å². The van der Waals surface area contributed by atoms with E-state index in [1.807, 2.05) is 54.1 Å². The van der Waals surface area contributed by atoms with E-state index in [4.69, 9.17) is 9.26 Å². The second-order valence-corrected chi connectivity index (χ2v) is 6.54. The van der Waals surface area contributed by atoms with Gasteiger partial charge in [0.15, 0.2) is 0 Å². The highest BCUT2D eigenvalue weighted by Gasteiger charge is 2.23. The van der Waals surface area contributed by atoms with Gasteiger partial charge in [-0.25, -0.2) is 0 Å². The molecule has 0 unspecified atom stereocenters. The van der Waals surface area contributed by atoms with Gasteiger partial charge in [-0.05, 0) is 24.3 Å². The topological polar surface area (TPSA) is 85.9 Å². The number of hydrogen-bond acceptors (Lipinski definition) is 5. The lowest BCUT2D eigenvalue weighted by Gasteiger charge is -1.99. The maximum Gasteiger partial charge on any atom is 0.299 e. The number of ketones is 1. The van der Waals surface area contributed by atoms with Gasteiger partial charge in [0.25, 0.3) is 11.7 Å². The molecule has 0 aliphatic heterocycles. The molecule has 3 heterocycles. The van der Waals surface area contributed by atoms with Crippen molar-refractivity contribution in [2.24, 2.45) is 7.05 Å². The summed E-state index contributed by atoms with van der Waals surface area (Å²) in [5.74, 6) is 0.739. The summed E-state index contributed by atoms with van der Waals surface area (Å²) in [6.45, 7) is 0. The number of aromatic nitrogens is 4. The molecular weight excluding hydrogens is 356 g/mol. The Bertz CT molecular complexity index is 1340. The number of aromatic amines is 1. The summed E-state index contributed by atoms with van der Waals surface area (Å²) in [6, 6.07) is 13.4. The number of fused-ring (bicyclic) bond motifs is 2. The zero-order chi connectivity index (χ0) is 19.3. The first-order chi connectivity index (χ1) is 13.7. The number of carbonyl (C=O) groups is 1. The molecule has 0 radical (unpaired) electrons. The summed E-state index contributed by atoms with van der Waals surface area (Å²) in [7, 11) is 3.51. The van der Waals surface area contributed by atoms with Crippen LogP contribution in [0.25, 0.3) is 33.2 Å². The van der Waals surface area contributed by atoms with Crippen LogP contribution in [0.5, 0.6) is 5.75 Å². The highest BCUT2D eigenvalue weighted by atomic mass is 16.5. The fourth-order valence-corrected chi connectivity index (χ4v) is 3.47. The SMILES string of the molecule is COc1ccc2[nH]cc(-c3noc(C(=O)c4cn(C)c5ccccc45)n3)c2c1. The standard InChI is InChI=1S/C21H16N4O3/c1-25-11-16(13-5-3-4-6-18(13)25)19(26)21-23-20(24-28-21)15-10-22-17-8-7-12(27-2)9-14(15)17/h3-11,22H,1-2H3. The number of nitrogens with zero attached hydrogens (tertiary/aromatic N) is 3. The van der Waals surface area contributed by atoms with Crippen molar-refractivity contribution >= 4 is 27.6 Å². The molecule has 0 saturated carbocycles. The van der Waals surface area contributed by atoms with Gasteiger partial charge in [0.2, 0.25) is 5.82 Å². The summed E-state index contributed by atoms with van der Waals surface area (Å²) < 4.78 is 12.5. The number of H-pyrrole nitrogens is 1. The van der Waals surface area contributed by atoms with E-state index in [1.165, 1.54) is 0 Å². The summed E-state index contributed by atoms with van der Waals surface area (Å²) >= 11 is 0. The van der Waals surface area contributed by atoms with Gasteiger partial charge in [0, 0.05) is 46.8 Å². The van der Waals surface area contributed by atoms with Crippen molar-refractivity contribution in [2.75, 3.05) is 7.11 Å². The van der Waals surface area contributed by atoms with E-state index >= 15 is 0 Å². The predicted molar refractivity (Wildman–Crippen MR) is 104 cm³/mol. The van der Waals surface area contributed by atoms with Gasteiger partial charge in [-0.15, -0.1) is 0 Å². The first-order valence-electron chi connectivity index (χ1n) is 8.73. The van der Waals surface area contributed by atoms with Gasteiger partial charge >= 0.3 is 0 Å². The van der Waals surface area contributed by atoms with Gasteiger partial charge in [-0.2, -0.15) is 4.98 Å². The number of carbonyl (C=O) groups excluding carboxylic acids is 1. The second kappa shape index (κ2) is 6.09. The Hall–Kier alpha value is -3.87. The van der Waals surface area contributed by atoms with E-state index in [2.05, 4.69) is 15.1 Å². The van der Waals surface area contributed by atoms with Crippen LogP contribution in [0.1, 0.15) is 16.2 Å². The molecule has 0 aliphatic carbocycles. The number of ether oxygens (including phenoxy) is 1. The molecule has 7 nitrogen and oxygen atoms in total. The summed E-state index contributed by atoms with van der Waals surface area (Å²) in [5.41, 5.74) is 3.17. The third kappa shape index (κ3) is 2.40. The van der Waals surface area contributed by atoms with Gasteiger partial charge in [-0.3, -0.25) is 4.79 Å². The Morgan fingerprint density at radius 1 is 1.18 bits per heavy atom. The Balaban J connectivity index is 1.57. The fraction of sp³-hybridized carbons (Fsp3) is 0.0952. The zero-order valence-corrected chi connectivity index (χ0v) is 15.3. The zero-order valence-electron chi connectivity index (χ0n) is 15.3. The van der Waals surface area contributed by atoms with Crippen LogP contribution in [0.2, 0.25) is 0 Å². The van der Waals surface area contributed by atoms with Crippen LogP contribution < -0.4 is 4.74 Å². The minimum Gasteiger partial charge on any atom is -0.497 e. The van der Waals surface area contributed by atoms with Crippen molar-refractivity contribution < 1.29 is 14.1 Å². The largest absolute Gasteiger partial charge is 0.497 e. The molecule has 2 aromatic carbocycles. The maximum atomic E-state index is 13.0. The van der Waals surface area contributed by atoms with Crippen LogP contribution in [-0.2, 0) is 7.05 Å². The minimum atomic E-state index is -0.298. The lowest BCUT2D eigenvalue weighted by Crippen LogP contribution is -2.01. The molecule has 28 heavy (non-hydrogen) atoms. The first-order valence-corrected chi connectivity index (χ1v) is 8.73. The predicted octanol–water partition coefficient (Wildman–Crippen LogP) is 3.95. The number of para-hydroxylation sites is 1. The molecule has 7 heteroatoms. The summed E-state index contributed by atoms with van der Waals surface area (Å²) in [4.78, 5) is 20.5. The smallest absolute Gasteiger partial charge is 0.299 e. The normalized spacial score (nSPS) is 11.4.